The summed E-state index contributed by atoms with van der Waals surface area (Å²) in [5.74, 6) is -0.542. The number of anilines is 1. The fraction of sp³-hybridized carbons (Fsp3) is 0.500. The molecule has 0 atom stereocenters. The topological polar surface area (TPSA) is 16.1 Å². The van der Waals surface area contributed by atoms with Crippen LogP contribution in [0.4, 0.5) is 23.2 Å². The average Bonchev–Trinajstić information content (AvgIpc) is 2.95. The Morgan fingerprint density at radius 2 is 1.68 bits per heavy atom. The minimum atomic E-state index is -4.52. The summed E-state index contributed by atoms with van der Waals surface area (Å²) < 4.78 is 54.7. The Bertz CT molecular complexity index is 741. The highest BCUT2D eigenvalue weighted by molar-refractivity contribution is 7.12. The van der Waals surface area contributed by atoms with Crippen LogP contribution >= 0.6 is 11.3 Å². The van der Waals surface area contributed by atoms with Crippen molar-refractivity contribution in [3.8, 4) is 11.3 Å². The SMILES string of the molecule is CCN(CC)c1ccc(-c2nc(C(C)(C)C)sc2C(F)(F)F)cc1F. The van der Waals surface area contributed by atoms with Crippen LogP contribution in [0.1, 0.15) is 44.5 Å². The minimum Gasteiger partial charge on any atom is -0.370 e. The molecular weight excluding hydrogens is 352 g/mol. The summed E-state index contributed by atoms with van der Waals surface area (Å²) in [5, 5.41) is 0.378. The van der Waals surface area contributed by atoms with Gasteiger partial charge in [0.05, 0.1) is 16.4 Å². The van der Waals surface area contributed by atoms with Gasteiger partial charge in [0.25, 0.3) is 0 Å². The second-order valence-electron chi connectivity index (χ2n) is 6.78. The number of aromatic nitrogens is 1. The molecule has 0 fully saturated rings. The smallest absolute Gasteiger partial charge is 0.370 e. The molecule has 1 aromatic carbocycles. The molecule has 0 bridgehead atoms. The van der Waals surface area contributed by atoms with E-state index in [1.54, 1.807) is 20.8 Å². The molecule has 1 aromatic heterocycles. The predicted molar refractivity (Wildman–Crippen MR) is 94.8 cm³/mol. The highest BCUT2D eigenvalue weighted by Crippen LogP contribution is 2.44. The summed E-state index contributed by atoms with van der Waals surface area (Å²) in [6.07, 6.45) is -4.52. The number of benzene rings is 1. The fourth-order valence-corrected chi connectivity index (χ4v) is 3.52. The molecule has 138 valence electrons. The molecule has 2 rings (SSSR count). The average molecular weight is 374 g/mol. The number of hydrogen-bond donors (Lipinski definition) is 0. The molecule has 0 saturated carbocycles. The van der Waals surface area contributed by atoms with Crippen molar-refractivity contribution in [2.24, 2.45) is 0 Å². The van der Waals surface area contributed by atoms with Crippen LogP contribution in [0.2, 0.25) is 0 Å². The molecule has 0 aliphatic heterocycles. The summed E-state index contributed by atoms with van der Waals surface area (Å²) in [6.45, 7) is 10.4. The number of thiazole rings is 1. The van der Waals surface area contributed by atoms with Gasteiger partial charge >= 0.3 is 6.18 Å². The van der Waals surface area contributed by atoms with Crippen molar-refractivity contribution in [3.05, 3.63) is 33.9 Å². The van der Waals surface area contributed by atoms with Crippen LogP contribution in [0.25, 0.3) is 11.3 Å². The van der Waals surface area contributed by atoms with Crippen molar-refractivity contribution >= 4 is 17.0 Å². The molecule has 0 aliphatic rings. The summed E-state index contributed by atoms with van der Waals surface area (Å²) >= 11 is 0.625. The monoisotopic (exact) mass is 374 g/mol. The van der Waals surface area contributed by atoms with E-state index >= 15 is 0 Å². The van der Waals surface area contributed by atoms with E-state index in [1.807, 2.05) is 18.7 Å². The third-order valence-corrected chi connectivity index (χ3v) is 5.38. The van der Waals surface area contributed by atoms with E-state index in [2.05, 4.69) is 4.98 Å². The van der Waals surface area contributed by atoms with Gasteiger partial charge in [0.2, 0.25) is 0 Å². The Morgan fingerprint density at radius 1 is 1.08 bits per heavy atom. The maximum Gasteiger partial charge on any atom is 0.427 e. The van der Waals surface area contributed by atoms with E-state index in [9.17, 15) is 17.6 Å². The Kier molecular flexibility index (Phi) is 5.47. The number of nitrogens with zero attached hydrogens (tertiary/aromatic N) is 2. The molecule has 2 aromatic rings. The zero-order valence-electron chi connectivity index (χ0n) is 15.0. The molecule has 0 aliphatic carbocycles. The quantitative estimate of drug-likeness (QED) is 0.600. The zero-order valence-corrected chi connectivity index (χ0v) is 15.8. The second-order valence-corrected chi connectivity index (χ2v) is 7.78. The van der Waals surface area contributed by atoms with Gasteiger partial charge in [-0.2, -0.15) is 13.2 Å². The molecule has 0 saturated heterocycles. The number of hydrogen-bond acceptors (Lipinski definition) is 3. The van der Waals surface area contributed by atoms with E-state index in [1.165, 1.54) is 12.1 Å². The van der Waals surface area contributed by atoms with Crippen LogP contribution in [-0.4, -0.2) is 18.1 Å². The first-order valence-electron chi connectivity index (χ1n) is 8.12. The van der Waals surface area contributed by atoms with Crippen molar-refractivity contribution in [1.29, 1.82) is 0 Å². The summed E-state index contributed by atoms with van der Waals surface area (Å²) in [5.41, 5.74) is -0.184. The van der Waals surface area contributed by atoms with Gasteiger partial charge in [-0.05, 0) is 26.0 Å². The molecule has 0 unspecified atom stereocenters. The van der Waals surface area contributed by atoms with Gasteiger partial charge in [0, 0.05) is 24.1 Å². The number of alkyl halides is 3. The van der Waals surface area contributed by atoms with E-state index in [-0.39, 0.29) is 11.3 Å². The number of halogens is 4. The molecule has 7 heteroatoms. The lowest BCUT2D eigenvalue weighted by atomic mass is 9.98. The predicted octanol–water partition coefficient (Wildman–Crippen LogP) is 6.11. The Labute approximate surface area is 149 Å². The van der Waals surface area contributed by atoms with Gasteiger partial charge < -0.3 is 4.90 Å². The maximum absolute atomic E-state index is 14.5. The van der Waals surface area contributed by atoms with Crippen LogP contribution in [0.5, 0.6) is 0 Å². The zero-order chi connectivity index (χ0) is 19.0. The van der Waals surface area contributed by atoms with Crippen LogP contribution < -0.4 is 4.90 Å². The van der Waals surface area contributed by atoms with Crippen molar-refractivity contribution < 1.29 is 17.6 Å². The van der Waals surface area contributed by atoms with Gasteiger partial charge in [-0.3, -0.25) is 0 Å². The highest BCUT2D eigenvalue weighted by Gasteiger charge is 2.39. The third-order valence-electron chi connectivity index (χ3n) is 3.85. The van der Waals surface area contributed by atoms with Crippen molar-refractivity contribution in [1.82, 2.24) is 4.98 Å². The molecule has 0 spiro atoms. The lowest BCUT2D eigenvalue weighted by Crippen LogP contribution is -2.22. The molecule has 0 radical (unpaired) electrons. The van der Waals surface area contributed by atoms with Crippen molar-refractivity contribution in [2.75, 3.05) is 18.0 Å². The van der Waals surface area contributed by atoms with E-state index in [0.29, 0.717) is 35.1 Å². The lowest BCUT2D eigenvalue weighted by Gasteiger charge is -2.21. The van der Waals surface area contributed by atoms with Gasteiger partial charge in [-0.1, -0.05) is 26.8 Å². The molecule has 1 heterocycles. The Hall–Kier alpha value is -1.63. The second kappa shape index (κ2) is 6.94. The van der Waals surface area contributed by atoms with Crippen molar-refractivity contribution in [3.63, 3.8) is 0 Å². The van der Waals surface area contributed by atoms with Gasteiger partial charge in [-0.25, -0.2) is 9.37 Å². The van der Waals surface area contributed by atoms with Crippen LogP contribution in [0, 0.1) is 5.82 Å². The first kappa shape index (κ1) is 19.7. The largest absolute Gasteiger partial charge is 0.427 e. The first-order valence-corrected chi connectivity index (χ1v) is 8.94. The fourth-order valence-electron chi connectivity index (χ4n) is 2.50. The van der Waals surface area contributed by atoms with Gasteiger partial charge in [0.1, 0.15) is 10.7 Å². The molecule has 25 heavy (non-hydrogen) atoms. The van der Waals surface area contributed by atoms with Crippen LogP contribution in [0.3, 0.4) is 0 Å². The molecular formula is C18H22F4N2S. The van der Waals surface area contributed by atoms with Crippen LogP contribution in [-0.2, 0) is 11.6 Å². The Balaban J connectivity index is 2.58. The highest BCUT2D eigenvalue weighted by atomic mass is 32.1. The summed E-state index contributed by atoms with van der Waals surface area (Å²) in [6, 6.07) is 4.17. The standard InChI is InChI=1S/C18H22F4N2S/c1-6-24(7-2)13-9-8-11(10-12(13)19)14-15(18(20,21)22)25-16(23-14)17(3,4)5/h8-10H,6-7H2,1-5H3. The maximum atomic E-state index is 14.5. The first-order chi connectivity index (χ1) is 11.5. The van der Waals surface area contributed by atoms with E-state index < -0.39 is 22.3 Å². The molecule has 0 N–H and O–H groups in total. The van der Waals surface area contributed by atoms with Crippen molar-refractivity contribution in [2.45, 2.75) is 46.2 Å². The van der Waals surface area contributed by atoms with Gasteiger partial charge in [-0.15, -0.1) is 11.3 Å². The van der Waals surface area contributed by atoms with Gasteiger partial charge in [0.15, 0.2) is 0 Å². The Morgan fingerprint density at radius 3 is 2.12 bits per heavy atom. The van der Waals surface area contributed by atoms with Crippen LogP contribution in [0.15, 0.2) is 18.2 Å². The lowest BCUT2D eigenvalue weighted by molar-refractivity contribution is -0.134. The van der Waals surface area contributed by atoms with E-state index in [0.717, 1.165) is 6.07 Å². The normalized spacial score (nSPS) is 12.5. The minimum absolute atomic E-state index is 0.146. The molecule has 0 amide bonds. The summed E-state index contributed by atoms with van der Waals surface area (Å²) in [4.78, 5) is 5.22. The third kappa shape index (κ3) is 4.14. The summed E-state index contributed by atoms with van der Waals surface area (Å²) in [7, 11) is 0. The number of rotatable bonds is 4. The molecule has 2 nitrogen and oxygen atoms in total. The van der Waals surface area contributed by atoms with E-state index in [4.69, 9.17) is 0 Å².